The summed E-state index contributed by atoms with van der Waals surface area (Å²) in [5, 5.41) is 0. The number of thiophene rings is 1. The summed E-state index contributed by atoms with van der Waals surface area (Å²) in [4.78, 5) is 14.6. The van der Waals surface area contributed by atoms with Gasteiger partial charge in [0, 0.05) is 10.8 Å². The first-order valence-corrected chi connectivity index (χ1v) is 6.73. The number of aryl methyl sites for hydroxylation is 2. The van der Waals surface area contributed by atoms with Crippen molar-refractivity contribution >= 4 is 17.1 Å². The summed E-state index contributed by atoms with van der Waals surface area (Å²) in [5.74, 6) is 0.614. The highest BCUT2D eigenvalue weighted by Gasteiger charge is 2.22. The standard InChI is InChI=1S/C13H18OS/c1-3-9(4-2)13(14)12-8-10-6-5-7-11(10)15-12/h8-9H,3-7H2,1-2H3. The topological polar surface area (TPSA) is 17.1 Å². The van der Waals surface area contributed by atoms with E-state index in [0.717, 1.165) is 17.7 Å². The van der Waals surface area contributed by atoms with E-state index < -0.39 is 0 Å². The molecule has 0 N–H and O–H groups in total. The smallest absolute Gasteiger partial charge is 0.175 e. The fraction of sp³-hybridized carbons (Fsp3) is 0.615. The molecule has 0 bridgehead atoms. The SMILES string of the molecule is CCC(CC)C(=O)c1cc2c(s1)CCC2. The Kier molecular flexibility index (Phi) is 3.25. The van der Waals surface area contributed by atoms with Crippen LogP contribution in [-0.2, 0) is 12.8 Å². The van der Waals surface area contributed by atoms with Gasteiger partial charge in [-0.05, 0) is 43.7 Å². The highest BCUT2D eigenvalue weighted by atomic mass is 32.1. The molecule has 1 aromatic rings. The molecule has 1 aliphatic carbocycles. The van der Waals surface area contributed by atoms with E-state index in [9.17, 15) is 4.79 Å². The third-order valence-electron chi connectivity index (χ3n) is 3.35. The molecule has 0 saturated carbocycles. The third kappa shape index (κ3) is 2.00. The molecule has 0 radical (unpaired) electrons. The molecule has 1 heterocycles. The first-order valence-electron chi connectivity index (χ1n) is 5.92. The maximum atomic E-state index is 12.1. The van der Waals surface area contributed by atoms with Crippen molar-refractivity contribution in [3.8, 4) is 0 Å². The largest absolute Gasteiger partial charge is 0.293 e. The minimum atomic E-state index is 0.240. The second-order valence-electron chi connectivity index (χ2n) is 4.29. The third-order valence-corrected chi connectivity index (χ3v) is 4.60. The molecule has 1 aliphatic rings. The molecule has 0 unspecified atom stereocenters. The molecule has 1 nitrogen and oxygen atoms in total. The van der Waals surface area contributed by atoms with E-state index in [0.29, 0.717) is 5.78 Å². The van der Waals surface area contributed by atoms with Crippen LogP contribution in [-0.4, -0.2) is 5.78 Å². The normalized spacial score (nSPS) is 14.6. The van der Waals surface area contributed by atoms with Gasteiger partial charge in [0.15, 0.2) is 5.78 Å². The van der Waals surface area contributed by atoms with Crippen molar-refractivity contribution in [3.63, 3.8) is 0 Å². The summed E-state index contributed by atoms with van der Waals surface area (Å²) in [6, 6.07) is 2.15. The molecule has 0 atom stereocenters. The van der Waals surface area contributed by atoms with Gasteiger partial charge in [0.25, 0.3) is 0 Å². The van der Waals surface area contributed by atoms with Crippen LogP contribution in [0.1, 0.15) is 53.2 Å². The number of hydrogen-bond donors (Lipinski definition) is 0. The number of ketones is 1. The predicted octanol–water partition coefficient (Wildman–Crippen LogP) is 3.86. The molecule has 15 heavy (non-hydrogen) atoms. The van der Waals surface area contributed by atoms with Gasteiger partial charge in [0.2, 0.25) is 0 Å². The van der Waals surface area contributed by atoms with Gasteiger partial charge in [-0.2, -0.15) is 0 Å². The van der Waals surface area contributed by atoms with Crippen LogP contribution in [0.5, 0.6) is 0 Å². The Morgan fingerprint density at radius 1 is 1.40 bits per heavy atom. The summed E-state index contributed by atoms with van der Waals surface area (Å²) >= 11 is 1.74. The number of rotatable bonds is 4. The van der Waals surface area contributed by atoms with Crippen molar-refractivity contribution in [1.29, 1.82) is 0 Å². The average molecular weight is 222 g/mol. The lowest BCUT2D eigenvalue weighted by Gasteiger charge is -2.08. The van der Waals surface area contributed by atoms with Gasteiger partial charge in [0.05, 0.1) is 4.88 Å². The maximum Gasteiger partial charge on any atom is 0.175 e. The Morgan fingerprint density at radius 3 is 2.73 bits per heavy atom. The minimum Gasteiger partial charge on any atom is -0.293 e. The van der Waals surface area contributed by atoms with Crippen LogP contribution >= 0.6 is 11.3 Å². The molecule has 0 saturated heterocycles. The predicted molar refractivity (Wildman–Crippen MR) is 64.7 cm³/mol. The second-order valence-corrected chi connectivity index (χ2v) is 5.43. The van der Waals surface area contributed by atoms with Gasteiger partial charge >= 0.3 is 0 Å². The van der Waals surface area contributed by atoms with Gasteiger partial charge in [-0.3, -0.25) is 4.79 Å². The van der Waals surface area contributed by atoms with Crippen LogP contribution in [0.4, 0.5) is 0 Å². The van der Waals surface area contributed by atoms with E-state index in [4.69, 9.17) is 0 Å². The zero-order chi connectivity index (χ0) is 10.8. The van der Waals surface area contributed by atoms with Crippen molar-refractivity contribution in [2.45, 2.75) is 46.0 Å². The van der Waals surface area contributed by atoms with Crippen LogP contribution in [0.2, 0.25) is 0 Å². The highest BCUT2D eigenvalue weighted by molar-refractivity contribution is 7.14. The van der Waals surface area contributed by atoms with E-state index >= 15 is 0 Å². The Labute approximate surface area is 95.5 Å². The summed E-state index contributed by atoms with van der Waals surface area (Å²) in [6.07, 6.45) is 5.59. The monoisotopic (exact) mass is 222 g/mol. The fourth-order valence-corrected chi connectivity index (χ4v) is 3.58. The molecule has 1 aromatic heterocycles. The Morgan fingerprint density at radius 2 is 2.13 bits per heavy atom. The molecule has 2 rings (SSSR count). The van der Waals surface area contributed by atoms with E-state index in [-0.39, 0.29) is 5.92 Å². The first kappa shape index (κ1) is 10.9. The molecule has 0 fully saturated rings. The lowest BCUT2D eigenvalue weighted by atomic mass is 9.97. The number of carbonyl (C=O) groups excluding carboxylic acids is 1. The number of Topliss-reactive ketones (excluding diaryl/α,β-unsaturated/α-hetero) is 1. The maximum absolute atomic E-state index is 12.1. The van der Waals surface area contributed by atoms with Gasteiger partial charge in [0.1, 0.15) is 0 Å². The van der Waals surface area contributed by atoms with Crippen molar-refractivity contribution in [1.82, 2.24) is 0 Å². The summed E-state index contributed by atoms with van der Waals surface area (Å²) in [7, 11) is 0. The van der Waals surface area contributed by atoms with Crippen LogP contribution in [0.3, 0.4) is 0 Å². The summed E-state index contributed by atoms with van der Waals surface area (Å²) < 4.78 is 0. The molecule has 0 aromatic carbocycles. The zero-order valence-electron chi connectivity index (χ0n) is 9.51. The van der Waals surface area contributed by atoms with Crippen molar-refractivity contribution < 1.29 is 4.79 Å². The molecule has 0 amide bonds. The van der Waals surface area contributed by atoms with E-state index in [1.54, 1.807) is 11.3 Å². The lowest BCUT2D eigenvalue weighted by molar-refractivity contribution is 0.0917. The minimum absolute atomic E-state index is 0.240. The van der Waals surface area contributed by atoms with Crippen molar-refractivity contribution in [2.24, 2.45) is 5.92 Å². The van der Waals surface area contributed by atoms with Crippen molar-refractivity contribution in [3.05, 3.63) is 21.4 Å². The lowest BCUT2D eigenvalue weighted by Crippen LogP contribution is -2.11. The molecular formula is C13H18OS. The first-order chi connectivity index (χ1) is 7.26. The second kappa shape index (κ2) is 4.48. The van der Waals surface area contributed by atoms with E-state index in [1.165, 1.54) is 29.7 Å². The molecule has 0 spiro atoms. The van der Waals surface area contributed by atoms with Crippen LogP contribution in [0, 0.1) is 5.92 Å². The van der Waals surface area contributed by atoms with Gasteiger partial charge in [-0.25, -0.2) is 0 Å². The highest BCUT2D eigenvalue weighted by Crippen LogP contribution is 2.32. The summed E-state index contributed by atoms with van der Waals surface area (Å²) in [5.41, 5.74) is 1.44. The number of carbonyl (C=O) groups is 1. The van der Waals surface area contributed by atoms with Gasteiger partial charge in [-0.1, -0.05) is 13.8 Å². The Balaban J connectivity index is 2.19. The van der Waals surface area contributed by atoms with E-state index in [1.807, 2.05) is 0 Å². The summed E-state index contributed by atoms with van der Waals surface area (Å²) in [6.45, 7) is 4.21. The molecule has 82 valence electrons. The average Bonchev–Trinajstić information content (AvgIpc) is 2.78. The van der Waals surface area contributed by atoms with Crippen LogP contribution in [0.25, 0.3) is 0 Å². The molecule has 2 heteroatoms. The van der Waals surface area contributed by atoms with Crippen LogP contribution in [0.15, 0.2) is 6.07 Å². The van der Waals surface area contributed by atoms with Gasteiger partial charge in [-0.15, -0.1) is 11.3 Å². The quantitative estimate of drug-likeness (QED) is 0.707. The molecular weight excluding hydrogens is 204 g/mol. The number of hydrogen-bond acceptors (Lipinski definition) is 2. The van der Waals surface area contributed by atoms with Crippen molar-refractivity contribution in [2.75, 3.05) is 0 Å². The van der Waals surface area contributed by atoms with Crippen LogP contribution < -0.4 is 0 Å². The van der Waals surface area contributed by atoms with Gasteiger partial charge < -0.3 is 0 Å². The molecule has 0 aliphatic heterocycles. The fourth-order valence-electron chi connectivity index (χ4n) is 2.31. The number of fused-ring (bicyclic) bond motifs is 1. The Bertz CT molecular complexity index is 339. The zero-order valence-corrected chi connectivity index (χ0v) is 10.3. The van der Waals surface area contributed by atoms with E-state index in [2.05, 4.69) is 19.9 Å². The Hall–Kier alpha value is -0.630.